The van der Waals surface area contributed by atoms with E-state index in [1.165, 1.54) is 0 Å². The van der Waals surface area contributed by atoms with E-state index in [9.17, 15) is 0 Å². The molecule has 0 radical (unpaired) electrons. The summed E-state index contributed by atoms with van der Waals surface area (Å²) in [6.45, 7) is 3.86. The van der Waals surface area contributed by atoms with Crippen LogP contribution in [0.4, 0.5) is 0 Å². The van der Waals surface area contributed by atoms with Crippen LogP contribution < -0.4 is 0 Å². The molecule has 1 N–H and O–H groups in total. The van der Waals surface area contributed by atoms with Gasteiger partial charge in [-0.2, -0.15) is 0 Å². The zero-order valence-electron chi connectivity index (χ0n) is 6.80. The van der Waals surface area contributed by atoms with E-state index < -0.39 is 0 Å². The molecule has 0 saturated carbocycles. The Morgan fingerprint density at radius 2 is 2.10 bits per heavy atom. The number of hydrogen-bond donors (Lipinski definition) is 1. The summed E-state index contributed by atoms with van der Waals surface area (Å²) in [5.41, 5.74) is 0. The SMILES string of the molecule is C/C=C\CCC/C(O)=C\C. The first-order valence-corrected chi connectivity index (χ1v) is 3.76. The summed E-state index contributed by atoms with van der Waals surface area (Å²) >= 11 is 0. The Hall–Kier alpha value is -0.720. The fourth-order valence-electron chi connectivity index (χ4n) is 0.712. The van der Waals surface area contributed by atoms with Crippen molar-refractivity contribution in [3.8, 4) is 0 Å². The number of hydrogen-bond acceptors (Lipinski definition) is 1. The minimum Gasteiger partial charge on any atom is -0.513 e. The first-order valence-electron chi connectivity index (χ1n) is 3.76. The first-order chi connectivity index (χ1) is 4.81. The molecular formula is C9H16O. The molecule has 0 aliphatic rings. The lowest BCUT2D eigenvalue weighted by molar-refractivity contribution is 0.383. The second-order valence-electron chi connectivity index (χ2n) is 2.24. The minimum atomic E-state index is 0.504. The highest BCUT2D eigenvalue weighted by molar-refractivity contribution is 4.88. The van der Waals surface area contributed by atoms with Crippen LogP contribution in [-0.2, 0) is 0 Å². The fraction of sp³-hybridized carbons (Fsp3) is 0.556. The number of allylic oxidation sites excluding steroid dienone is 4. The van der Waals surface area contributed by atoms with Crippen LogP contribution in [0.15, 0.2) is 24.0 Å². The van der Waals surface area contributed by atoms with Crippen molar-refractivity contribution in [1.82, 2.24) is 0 Å². The Morgan fingerprint density at radius 3 is 2.60 bits per heavy atom. The fourth-order valence-corrected chi connectivity index (χ4v) is 0.712. The highest BCUT2D eigenvalue weighted by Crippen LogP contribution is 2.03. The summed E-state index contributed by atoms with van der Waals surface area (Å²) in [5.74, 6) is 0.504. The zero-order chi connectivity index (χ0) is 7.82. The smallest absolute Gasteiger partial charge is 0.0880 e. The Labute approximate surface area is 63.1 Å². The highest BCUT2D eigenvalue weighted by atomic mass is 16.3. The van der Waals surface area contributed by atoms with Crippen molar-refractivity contribution in [2.45, 2.75) is 33.1 Å². The average Bonchev–Trinajstić information content (AvgIpc) is 1.98. The van der Waals surface area contributed by atoms with Gasteiger partial charge in [-0.1, -0.05) is 12.2 Å². The van der Waals surface area contributed by atoms with Gasteiger partial charge in [-0.05, 0) is 32.8 Å². The van der Waals surface area contributed by atoms with Crippen molar-refractivity contribution in [3.63, 3.8) is 0 Å². The van der Waals surface area contributed by atoms with Gasteiger partial charge < -0.3 is 5.11 Å². The number of unbranched alkanes of at least 4 members (excludes halogenated alkanes) is 1. The van der Waals surface area contributed by atoms with Gasteiger partial charge in [0, 0.05) is 6.42 Å². The molecule has 0 heterocycles. The van der Waals surface area contributed by atoms with E-state index in [-0.39, 0.29) is 0 Å². The second kappa shape index (κ2) is 6.40. The van der Waals surface area contributed by atoms with E-state index >= 15 is 0 Å². The minimum absolute atomic E-state index is 0.504. The summed E-state index contributed by atoms with van der Waals surface area (Å²) in [4.78, 5) is 0. The van der Waals surface area contributed by atoms with E-state index in [0.717, 1.165) is 19.3 Å². The van der Waals surface area contributed by atoms with Gasteiger partial charge in [0.25, 0.3) is 0 Å². The van der Waals surface area contributed by atoms with Crippen molar-refractivity contribution in [3.05, 3.63) is 24.0 Å². The normalized spacial score (nSPS) is 12.8. The predicted molar refractivity (Wildman–Crippen MR) is 45.1 cm³/mol. The molecule has 0 aromatic carbocycles. The van der Waals surface area contributed by atoms with Gasteiger partial charge in [-0.3, -0.25) is 0 Å². The van der Waals surface area contributed by atoms with Gasteiger partial charge in [0.05, 0.1) is 5.76 Å². The van der Waals surface area contributed by atoms with Crippen molar-refractivity contribution in [1.29, 1.82) is 0 Å². The molecule has 0 spiro atoms. The van der Waals surface area contributed by atoms with Crippen LogP contribution >= 0.6 is 0 Å². The average molecular weight is 140 g/mol. The van der Waals surface area contributed by atoms with E-state index in [4.69, 9.17) is 5.11 Å². The van der Waals surface area contributed by atoms with Gasteiger partial charge in [0.1, 0.15) is 0 Å². The van der Waals surface area contributed by atoms with Crippen molar-refractivity contribution in [2.24, 2.45) is 0 Å². The third-order valence-corrected chi connectivity index (χ3v) is 1.37. The molecule has 1 heteroatoms. The summed E-state index contributed by atoms with van der Waals surface area (Å²) in [7, 11) is 0. The maximum absolute atomic E-state index is 8.99. The molecule has 1 nitrogen and oxygen atoms in total. The highest BCUT2D eigenvalue weighted by Gasteiger charge is 1.88. The molecule has 0 rings (SSSR count). The number of aliphatic hydroxyl groups excluding tert-OH is 1. The maximum atomic E-state index is 8.99. The first kappa shape index (κ1) is 9.28. The topological polar surface area (TPSA) is 20.2 Å². The molecule has 10 heavy (non-hydrogen) atoms. The van der Waals surface area contributed by atoms with Gasteiger partial charge in [0.2, 0.25) is 0 Å². The van der Waals surface area contributed by atoms with Crippen LogP contribution in [0.1, 0.15) is 33.1 Å². The molecule has 0 aliphatic heterocycles. The molecule has 0 aliphatic carbocycles. The Morgan fingerprint density at radius 1 is 1.40 bits per heavy atom. The van der Waals surface area contributed by atoms with Crippen molar-refractivity contribution < 1.29 is 5.11 Å². The predicted octanol–water partition coefficient (Wildman–Crippen LogP) is 3.19. The zero-order valence-corrected chi connectivity index (χ0v) is 6.80. The Kier molecular flexibility index (Phi) is 5.94. The van der Waals surface area contributed by atoms with Crippen LogP contribution in [0.25, 0.3) is 0 Å². The van der Waals surface area contributed by atoms with Gasteiger partial charge >= 0.3 is 0 Å². The Bertz CT molecular complexity index is 123. The lowest BCUT2D eigenvalue weighted by Gasteiger charge is -1.94. The molecule has 0 fully saturated rings. The lowest BCUT2D eigenvalue weighted by atomic mass is 10.2. The monoisotopic (exact) mass is 140 g/mol. The quantitative estimate of drug-likeness (QED) is 0.361. The standard InChI is InChI=1S/C9H16O/c1-3-5-6-7-8-9(10)4-2/h3-5,10H,6-8H2,1-2H3/b5-3-,9-4+. The van der Waals surface area contributed by atoms with E-state index in [2.05, 4.69) is 6.08 Å². The second-order valence-corrected chi connectivity index (χ2v) is 2.24. The molecule has 0 aromatic heterocycles. The van der Waals surface area contributed by atoms with Crippen LogP contribution in [0.3, 0.4) is 0 Å². The number of aliphatic hydroxyl groups is 1. The maximum Gasteiger partial charge on any atom is 0.0880 e. The van der Waals surface area contributed by atoms with E-state index in [1.807, 2.05) is 19.9 Å². The van der Waals surface area contributed by atoms with Gasteiger partial charge in [-0.15, -0.1) is 0 Å². The lowest BCUT2D eigenvalue weighted by Crippen LogP contribution is -1.79. The van der Waals surface area contributed by atoms with Crippen LogP contribution in [0, 0.1) is 0 Å². The van der Waals surface area contributed by atoms with Gasteiger partial charge in [-0.25, -0.2) is 0 Å². The largest absolute Gasteiger partial charge is 0.513 e. The van der Waals surface area contributed by atoms with Crippen LogP contribution in [0.2, 0.25) is 0 Å². The summed E-state index contributed by atoms with van der Waals surface area (Å²) in [5, 5.41) is 8.99. The third-order valence-electron chi connectivity index (χ3n) is 1.37. The molecule has 0 atom stereocenters. The van der Waals surface area contributed by atoms with E-state index in [0.29, 0.717) is 5.76 Å². The molecule has 58 valence electrons. The molecule has 0 saturated heterocycles. The van der Waals surface area contributed by atoms with E-state index in [1.54, 1.807) is 6.08 Å². The summed E-state index contributed by atoms with van der Waals surface area (Å²) in [6.07, 6.45) is 8.81. The molecule has 0 bridgehead atoms. The molecule has 0 unspecified atom stereocenters. The van der Waals surface area contributed by atoms with Crippen molar-refractivity contribution >= 4 is 0 Å². The van der Waals surface area contributed by atoms with Crippen LogP contribution in [0.5, 0.6) is 0 Å². The summed E-state index contributed by atoms with van der Waals surface area (Å²) < 4.78 is 0. The molecule has 0 aromatic rings. The third kappa shape index (κ3) is 5.42. The Balaban J connectivity index is 3.20. The molecular weight excluding hydrogens is 124 g/mol. The summed E-state index contributed by atoms with van der Waals surface area (Å²) in [6, 6.07) is 0. The number of rotatable bonds is 4. The van der Waals surface area contributed by atoms with Crippen LogP contribution in [-0.4, -0.2) is 5.11 Å². The van der Waals surface area contributed by atoms with Crippen molar-refractivity contribution in [2.75, 3.05) is 0 Å². The van der Waals surface area contributed by atoms with Gasteiger partial charge in [0.15, 0.2) is 0 Å². The molecule has 0 amide bonds.